The summed E-state index contributed by atoms with van der Waals surface area (Å²) in [7, 11) is 0. The molecular formula is C28H29NO5. The first kappa shape index (κ1) is 23.4. The van der Waals surface area contributed by atoms with Crippen LogP contribution in [0.1, 0.15) is 34.8 Å². The highest BCUT2D eigenvalue weighted by molar-refractivity contribution is 5.89. The summed E-state index contributed by atoms with van der Waals surface area (Å²) >= 11 is 0. The van der Waals surface area contributed by atoms with Crippen LogP contribution < -0.4 is 4.74 Å². The third-order valence-corrected chi connectivity index (χ3v) is 5.63. The van der Waals surface area contributed by atoms with Crippen molar-refractivity contribution in [2.75, 3.05) is 13.2 Å². The van der Waals surface area contributed by atoms with Crippen molar-refractivity contribution >= 4 is 16.9 Å². The largest absolute Gasteiger partial charge is 0.504 e. The summed E-state index contributed by atoms with van der Waals surface area (Å²) < 4.78 is 13.0. The Bertz CT molecular complexity index is 1250. The van der Waals surface area contributed by atoms with E-state index in [4.69, 9.17) is 9.47 Å². The van der Waals surface area contributed by atoms with Gasteiger partial charge in [-0.1, -0.05) is 55.5 Å². The van der Waals surface area contributed by atoms with Crippen LogP contribution in [0.5, 0.6) is 11.5 Å². The van der Waals surface area contributed by atoms with E-state index in [2.05, 4.69) is 0 Å². The van der Waals surface area contributed by atoms with Gasteiger partial charge in [-0.2, -0.15) is 0 Å². The fraction of sp³-hybridized carbons (Fsp3) is 0.250. The molecule has 176 valence electrons. The Balaban J connectivity index is 1.49. The van der Waals surface area contributed by atoms with E-state index in [1.807, 2.05) is 60.2 Å². The van der Waals surface area contributed by atoms with Crippen LogP contribution in [0.25, 0.3) is 10.9 Å². The number of aromatic hydroxyl groups is 1. The monoisotopic (exact) mass is 459 g/mol. The van der Waals surface area contributed by atoms with Crippen LogP contribution >= 0.6 is 0 Å². The van der Waals surface area contributed by atoms with E-state index < -0.39 is 12.1 Å². The Morgan fingerprint density at radius 1 is 0.971 bits per heavy atom. The number of hydrogen-bond donors (Lipinski definition) is 2. The van der Waals surface area contributed by atoms with Crippen LogP contribution in [0.15, 0.2) is 79.0 Å². The van der Waals surface area contributed by atoms with Gasteiger partial charge in [-0.3, -0.25) is 0 Å². The standard InChI is InChI=1S/C28H29NO5/c1-2-15-33-26-14-8-11-21(27(26)31)17-29-18-22(24-12-6-7-13-25(24)29)16-23(30)19-34-28(32)20-9-4-3-5-10-20/h3-14,18,23,30-31H,2,15-17,19H2,1H3. The van der Waals surface area contributed by atoms with Gasteiger partial charge in [0.05, 0.1) is 24.8 Å². The normalized spacial score (nSPS) is 11.9. The van der Waals surface area contributed by atoms with Crippen LogP contribution in [-0.2, 0) is 17.7 Å². The molecule has 1 aromatic heterocycles. The molecule has 1 atom stereocenters. The van der Waals surface area contributed by atoms with Gasteiger partial charge >= 0.3 is 5.97 Å². The summed E-state index contributed by atoms with van der Waals surface area (Å²) in [5.41, 5.74) is 3.14. The minimum Gasteiger partial charge on any atom is -0.504 e. The second kappa shape index (κ2) is 10.9. The second-order valence-electron chi connectivity index (χ2n) is 8.23. The van der Waals surface area contributed by atoms with Crippen LogP contribution in [0.4, 0.5) is 0 Å². The van der Waals surface area contributed by atoms with Gasteiger partial charge in [-0.15, -0.1) is 0 Å². The molecule has 0 radical (unpaired) electrons. The third-order valence-electron chi connectivity index (χ3n) is 5.63. The van der Waals surface area contributed by atoms with E-state index in [1.165, 1.54) is 0 Å². The van der Waals surface area contributed by atoms with Gasteiger partial charge in [-0.25, -0.2) is 4.79 Å². The quantitative estimate of drug-likeness (QED) is 0.328. The van der Waals surface area contributed by atoms with Crippen LogP contribution in [0, 0.1) is 0 Å². The lowest BCUT2D eigenvalue weighted by molar-refractivity contribution is 0.0259. The summed E-state index contributed by atoms with van der Waals surface area (Å²) in [6.45, 7) is 2.92. The summed E-state index contributed by atoms with van der Waals surface area (Å²) in [5, 5.41) is 22.3. The molecule has 0 aliphatic carbocycles. The van der Waals surface area contributed by atoms with Crippen molar-refractivity contribution in [3.05, 3.63) is 95.7 Å². The third kappa shape index (κ3) is 5.41. The van der Waals surface area contributed by atoms with Crippen molar-refractivity contribution in [3.63, 3.8) is 0 Å². The molecule has 1 unspecified atom stereocenters. The second-order valence-corrected chi connectivity index (χ2v) is 8.23. The fourth-order valence-corrected chi connectivity index (χ4v) is 3.97. The van der Waals surface area contributed by atoms with E-state index in [1.54, 1.807) is 30.3 Å². The number of hydrogen-bond acceptors (Lipinski definition) is 5. The molecule has 34 heavy (non-hydrogen) atoms. The molecule has 4 rings (SSSR count). The molecule has 0 saturated heterocycles. The summed E-state index contributed by atoms with van der Waals surface area (Å²) in [5.74, 6) is 0.164. The summed E-state index contributed by atoms with van der Waals surface area (Å²) in [6.07, 6.45) is 2.33. The number of aliphatic hydroxyl groups excluding tert-OH is 1. The number of para-hydroxylation sites is 2. The topological polar surface area (TPSA) is 80.9 Å². The number of carbonyl (C=O) groups excluding carboxylic acids is 1. The van der Waals surface area contributed by atoms with Crippen molar-refractivity contribution in [2.45, 2.75) is 32.4 Å². The molecule has 4 aromatic rings. The molecule has 2 N–H and O–H groups in total. The number of ether oxygens (including phenoxy) is 2. The molecule has 0 spiro atoms. The van der Waals surface area contributed by atoms with E-state index in [0.717, 1.165) is 28.5 Å². The molecule has 6 nitrogen and oxygen atoms in total. The van der Waals surface area contributed by atoms with Gasteiger partial charge in [0, 0.05) is 29.1 Å². The van der Waals surface area contributed by atoms with E-state index in [9.17, 15) is 15.0 Å². The van der Waals surface area contributed by atoms with E-state index in [-0.39, 0.29) is 12.4 Å². The highest BCUT2D eigenvalue weighted by atomic mass is 16.5. The number of rotatable bonds is 10. The van der Waals surface area contributed by atoms with Gasteiger partial charge in [0.2, 0.25) is 0 Å². The molecule has 1 heterocycles. The molecule has 0 fully saturated rings. The van der Waals surface area contributed by atoms with Gasteiger partial charge in [-0.05, 0) is 36.2 Å². The predicted octanol–water partition coefficient (Wildman–Crippen LogP) is 4.94. The maximum Gasteiger partial charge on any atom is 0.338 e. The van der Waals surface area contributed by atoms with Crippen LogP contribution in [-0.4, -0.2) is 40.1 Å². The Kier molecular flexibility index (Phi) is 7.50. The number of esters is 1. The first-order valence-electron chi connectivity index (χ1n) is 11.5. The SMILES string of the molecule is CCCOc1cccc(Cn2cc(CC(O)COC(=O)c3ccccc3)c3ccccc32)c1O. The highest BCUT2D eigenvalue weighted by Crippen LogP contribution is 2.32. The minimum atomic E-state index is -0.842. The fourth-order valence-electron chi connectivity index (χ4n) is 3.97. The zero-order chi connectivity index (χ0) is 23.9. The number of nitrogens with zero attached hydrogens (tertiary/aromatic N) is 1. The van der Waals surface area contributed by atoms with Gasteiger partial charge < -0.3 is 24.3 Å². The van der Waals surface area contributed by atoms with Crippen molar-refractivity contribution in [1.82, 2.24) is 4.57 Å². The van der Waals surface area contributed by atoms with Gasteiger partial charge in [0.15, 0.2) is 11.5 Å². The van der Waals surface area contributed by atoms with E-state index in [0.29, 0.717) is 30.9 Å². The van der Waals surface area contributed by atoms with Crippen molar-refractivity contribution in [1.29, 1.82) is 0 Å². The molecule has 0 aliphatic heterocycles. The maximum absolute atomic E-state index is 12.2. The van der Waals surface area contributed by atoms with Gasteiger partial charge in [0.25, 0.3) is 0 Å². The Morgan fingerprint density at radius 3 is 2.53 bits per heavy atom. The molecular weight excluding hydrogens is 430 g/mol. The van der Waals surface area contributed by atoms with Crippen molar-refractivity contribution in [2.24, 2.45) is 0 Å². The highest BCUT2D eigenvalue weighted by Gasteiger charge is 2.16. The van der Waals surface area contributed by atoms with Crippen LogP contribution in [0.3, 0.4) is 0 Å². The molecule has 6 heteroatoms. The number of carbonyl (C=O) groups is 1. The molecule has 0 bridgehead atoms. The van der Waals surface area contributed by atoms with Crippen molar-refractivity contribution < 1.29 is 24.5 Å². The summed E-state index contributed by atoms with van der Waals surface area (Å²) in [4.78, 5) is 12.2. The number of benzene rings is 3. The first-order chi connectivity index (χ1) is 16.6. The first-order valence-corrected chi connectivity index (χ1v) is 11.5. The number of aliphatic hydroxyl groups is 1. The van der Waals surface area contributed by atoms with Crippen molar-refractivity contribution in [3.8, 4) is 11.5 Å². The zero-order valence-corrected chi connectivity index (χ0v) is 19.2. The zero-order valence-electron chi connectivity index (χ0n) is 19.2. The van der Waals surface area contributed by atoms with Gasteiger partial charge in [0.1, 0.15) is 6.61 Å². The maximum atomic E-state index is 12.2. The molecule has 0 aliphatic rings. The minimum absolute atomic E-state index is 0.0924. The Hall–Kier alpha value is -3.77. The smallest absolute Gasteiger partial charge is 0.338 e. The Labute approximate surface area is 199 Å². The van der Waals surface area contributed by atoms with E-state index >= 15 is 0 Å². The lowest BCUT2D eigenvalue weighted by atomic mass is 10.1. The molecule has 0 saturated carbocycles. The lowest BCUT2D eigenvalue weighted by Gasteiger charge is -2.12. The predicted molar refractivity (Wildman–Crippen MR) is 131 cm³/mol. The average Bonchev–Trinajstić information content (AvgIpc) is 3.20. The number of phenolic OH excluding ortho intramolecular Hbond substituents is 1. The molecule has 3 aromatic carbocycles. The number of fused-ring (bicyclic) bond motifs is 1. The lowest BCUT2D eigenvalue weighted by Crippen LogP contribution is -2.20. The average molecular weight is 460 g/mol. The Morgan fingerprint density at radius 2 is 1.74 bits per heavy atom. The number of phenols is 1. The molecule has 0 amide bonds. The van der Waals surface area contributed by atoms with Crippen LogP contribution in [0.2, 0.25) is 0 Å². The summed E-state index contributed by atoms with van der Waals surface area (Å²) in [6, 6.07) is 22.2. The number of aromatic nitrogens is 1.